The number of aromatic nitrogens is 2. The third-order valence-electron chi connectivity index (χ3n) is 5.48. The summed E-state index contributed by atoms with van der Waals surface area (Å²) in [6, 6.07) is 13.5. The largest absolute Gasteiger partial charge is 0.385 e. The van der Waals surface area contributed by atoms with E-state index in [9.17, 15) is 8.42 Å². The average molecular weight is 460 g/mol. The number of benzene rings is 2. The third kappa shape index (κ3) is 6.54. The van der Waals surface area contributed by atoms with Gasteiger partial charge in [0.2, 0.25) is 0 Å². The Kier molecular flexibility index (Phi) is 8.28. The Hall–Kier alpha value is -2.42. The van der Waals surface area contributed by atoms with Crippen LogP contribution in [0, 0.1) is 5.92 Å². The Balaban J connectivity index is 0.000000195. The highest BCUT2D eigenvalue weighted by atomic mass is 32.2. The maximum atomic E-state index is 11.1. The third-order valence-corrected chi connectivity index (χ3v) is 6.33. The van der Waals surface area contributed by atoms with Crippen LogP contribution in [-0.4, -0.2) is 42.5 Å². The molecule has 2 heterocycles. The van der Waals surface area contributed by atoms with Crippen molar-refractivity contribution < 1.29 is 17.7 Å². The normalized spacial score (nSPS) is 14.9. The molecule has 1 aliphatic heterocycles. The van der Waals surface area contributed by atoms with Gasteiger partial charge in [-0.2, -0.15) is 13.5 Å². The van der Waals surface area contributed by atoms with Gasteiger partial charge in [-0.3, -0.25) is 9.23 Å². The van der Waals surface area contributed by atoms with Crippen molar-refractivity contribution in [2.75, 3.05) is 25.1 Å². The van der Waals surface area contributed by atoms with Crippen LogP contribution in [0.4, 0.5) is 5.69 Å². The maximum Gasteiger partial charge on any atom is 0.294 e. The fraction of sp³-hybridized carbons (Fsp3) is 0.458. The highest BCUT2D eigenvalue weighted by molar-refractivity contribution is 7.85. The number of anilines is 1. The first-order valence-corrected chi connectivity index (χ1v) is 12.6. The predicted octanol–water partition coefficient (Wildman–Crippen LogP) is 4.95. The molecule has 2 N–H and O–H groups in total. The predicted molar refractivity (Wildman–Crippen MR) is 128 cm³/mol. The highest BCUT2D eigenvalue weighted by Crippen LogP contribution is 2.26. The van der Waals surface area contributed by atoms with E-state index in [0.29, 0.717) is 11.3 Å². The first kappa shape index (κ1) is 24.2. The van der Waals surface area contributed by atoms with Crippen molar-refractivity contribution in [2.24, 2.45) is 5.92 Å². The van der Waals surface area contributed by atoms with E-state index in [1.54, 1.807) is 12.3 Å². The van der Waals surface area contributed by atoms with E-state index in [4.69, 9.17) is 9.29 Å². The van der Waals surface area contributed by atoms with Crippen LogP contribution in [-0.2, 0) is 21.3 Å². The van der Waals surface area contributed by atoms with Gasteiger partial charge in [-0.15, -0.1) is 0 Å². The molecule has 1 saturated heterocycles. The summed E-state index contributed by atoms with van der Waals surface area (Å²) in [5.74, 6) is 0.700. The van der Waals surface area contributed by atoms with E-state index in [2.05, 4.69) is 55.5 Å². The van der Waals surface area contributed by atoms with Gasteiger partial charge in [0.25, 0.3) is 10.1 Å². The Morgan fingerprint density at radius 3 is 2.44 bits per heavy atom. The Morgan fingerprint density at radius 1 is 1.16 bits per heavy atom. The molecule has 0 radical (unpaired) electrons. The number of fused-ring (bicyclic) bond motifs is 1. The lowest BCUT2D eigenvalue weighted by Gasteiger charge is -2.23. The molecule has 3 aromatic rings. The van der Waals surface area contributed by atoms with Crippen molar-refractivity contribution in [3.8, 4) is 0 Å². The van der Waals surface area contributed by atoms with E-state index < -0.39 is 10.1 Å². The summed E-state index contributed by atoms with van der Waals surface area (Å²) in [6.07, 6.45) is 4.54. The summed E-state index contributed by atoms with van der Waals surface area (Å²) in [6.45, 7) is 9.09. The molecular formula is C24H33N3O4S. The molecule has 0 atom stereocenters. The fourth-order valence-electron chi connectivity index (χ4n) is 3.59. The minimum Gasteiger partial charge on any atom is -0.385 e. The van der Waals surface area contributed by atoms with Crippen molar-refractivity contribution in [1.29, 1.82) is 0 Å². The zero-order valence-corrected chi connectivity index (χ0v) is 19.8. The van der Waals surface area contributed by atoms with E-state index in [1.165, 1.54) is 23.4 Å². The summed E-state index contributed by atoms with van der Waals surface area (Å²) in [4.78, 5) is -0.105. The van der Waals surface area contributed by atoms with Crippen LogP contribution in [0.5, 0.6) is 0 Å². The number of hydrogen-bond donors (Lipinski definition) is 2. The number of nitrogens with one attached hydrogen (secondary N) is 1. The van der Waals surface area contributed by atoms with Gasteiger partial charge >= 0.3 is 0 Å². The molecule has 1 fully saturated rings. The number of ether oxygens (including phenoxy) is 1. The molecule has 0 saturated carbocycles. The molecule has 2 aromatic carbocycles. The molecular weight excluding hydrogens is 426 g/mol. The van der Waals surface area contributed by atoms with Gasteiger partial charge in [0.15, 0.2) is 0 Å². The second kappa shape index (κ2) is 10.9. The van der Waals surface area contributed by atoms with Gasteiger partial charge in [-0.25, -0.2) is 0 Å². The van der Waals surface area contributed by atoms with E-state index in [0.717, 1.165) is 44.5 Å². The monoisotopic (exact) mass is 459 g/mol. The van der Waals surface area contributed by atoms with Gasteiger partial charge in [-0.1, -0.05) is 32.9 Å². The maximum absolute atomic E-state index is 11.1. The summed E-state index contributed by atoms with van der Waals surface area (Å²) >= 11 is 0. The van der Waals surface area contributed by atoms with Gasteiger partial charge in [0.05, 0.1) is 22.7 Å². The zero-order valence-electron chi connectivity index (χ0n) is 19.0. The van der Waals surface area contributed by atoms with Crippen LogP contribution >= 0.6 is 0 Å². The van der Waals surface area contributed by atoms with Crippen LogP contribution in [0.15, 0.2) is 53.6 Å². The van der Waals surface area contributed by atoms with Crippen LogP contribution in [0.2, 0.25) is 0 Å². The van der Waals surface area contributed by atoms with Crippen molar-refractivity contribution >= 4 is 26.7 Å². The number of rotatable bonds is 6. The molecule has 8 heteroatoms. The molecule has 0 bridgehead atoms. The summed E-state index contributed by atoms with van der Waals surface area (Å²) in [7, 11) is -4.17. The number of aryl methyl sites for hydroxylation is 1. The quantitative estimate of drug-likeness (QED) is 0.507. The Morgan fingerprint density at radius 2 is 1.84 bits per heavy atom. The van der Waals surface area contributed by atoms with Gasteiger partial charge < -0.3 is 10.1 Å². The Bertz CT molecular complexity index is 1100. The topological polar surface area (TPSA) is 93.5 Å². The average Bonchev–Trinajstić information content (AvgIpc) is 3.22. The zero-order chi connectivity index (χ0) is 23.1. The minimum atomic E-state index is -4.17. The summed E-state index contributed by atoms with van der Waals surface area (Å²) in [5.41, 5.74) is 3.50. The van der Waals surface area contributed by atoms with Crippen molar-refractivity contribution in [1.82, 2.24) is 9.78 Å². The highest BCUT2D eigenvalue weighted by Gasteiger charge is 2.19. The SMILES string of the molecule is CCc1ccc(NCC(C)C)cc1.O=S(=O)(O)c1ccc2c(cnn2C2CCOCC2)c1. The molecule has 174 valence electrons. The van der Waals surface area contributed by atoms with Crippen LogP contribution in [0.3, 0.4) is 0 Å². The lowest BCUT2D eigenvalue weighted by atomic mass is 10.1. The van der Waals surface area contributed by atoms with Crippen LogP contribution in [0.25, 0.3) is 10.9 Å². The molecule has 4 rings (SSSR count). The molecule has 0 spiro atoms. The first-order valence-electron chi connectivity index (χ1n) is 11.1. The number of nitrogens with zero attached hydrogens (tertiary/aromatic N) is 2. The summed E-state index contributed by atoms with van der Waals surface area (Å²) in [5, 5.41) is 8.43. The molecule has 0 amide bonds. The van der Waals surface area contributed by atoms with Crippen molar-refractivity contribution in [2.45, 2.75) is 51.0 Å². The summed E-state index contributed by atoms with van der Waals surface area (Å²) < 4.78 is 38.5. The van der Waals surface area contributed by atoms with E-state index >= 15 is 0 Å². The van der Waals surface area contributed by atoms with Crippen LogP contribution in [0.1, 0.15) is 45.2 Å². The first-order chi connectivity index (χ1) is 15.3. The Labute approximate surface area is 190 Å². The van der Waals surface area contributed by atoms with Crippen LogP contribution < -0.4 is 5.32 Å². The van der Waals surface area contributed by atoms with E-state index in [-0.39, 0.29) is 10.9 Å². The lowest BCUT2D eigenvalue weighted by molar-refractivity contribution is 0.0675. The van der Waals surface area contributed by atoms with Gasteiger partial charge in [-0.05, 0) is 61.1 Å². The smallest absolute Gasteiger partial charge is 0.294 e. The molecule has 0 aliphatic carbocycles. The molecule has 0 unspecified atom stereocenters. The second-order valence-electron chi connectivity index (χ2n) is 8.45. The standard InChI is InChI=1S/C12H14N2O4S.C12H19N/c15-19(16,17)11-1-2-12-9(7-11)8-13-14(12)10-3-5-18-6-4-10;1-4-11-5-7-12(8-6-11)13-9-10(2)3/h1-2,7-8,10H,3-6H2,(H,15,16,17);5-8,10,13H,4,9H2,1-3H3. The van der Waals surface area contributed by atoms with E-state index in [1.807, 2.05) is 4.68 Å². The molecule has 32 heavy (non-hydrogen) atoms. The molecule has 1 aromatic heterocycles. The fourth-order valence-corrected chi connectivity index (χ4v) is 4.11. The molecule has 7 nitrogen and oxygen atoms in total. The van der Waals surface area contributed by atoms with Crippen molar-refractivity contribution in [3.05, 3.63) is 54.2 Å². The second-order valence-corrected chi connectivity index (χ2v) is 9.88. The van der Waals surface area contributed by atoms with Gasteiger partial charge in [0, 0.05) is 30.8 Å². The lowest BCUT2D eigenvalue weighted by Crippen LogP contribution is -2.20. The molecule has 1 aliphatic rings. The minimum absolute atomic E-state index is 0.105. The number of hydrogen-bond acceptors (Lipinski definition) is 5. The van der Waals surface area contributed by atoms with Crippen molar-refractivity contribution in [3.63, 3.8) is 0 Å². The van der Waals surface area contributed by atoms with Gasteiger partial charge in [0.1, 0.15) is 0 Å².